The molecule has 202 valence electrons. The molecule has 5 rings (SSSR count). The van der Waals surface area contributed by atoms with Crippen LogP contribution in [0.4, 0.5) is 5.69 Å². The summed E-state index contributed by atoms with van der Waals surface area (Å²) in [6.45, 7) is 5.36. The van der Waals surface area contributed by atoms with Gasteiger partial charge in [-0.3, -0.25) is 4.79 Å². The number of rotatable bonds is 8. The number of sulfonamides is 1. The van der Waals surface area contributed by atoms with Gasteiger partial charge in [-0.05, 0) is 66.9 Å². The van der Waals surface area contributed by atoms with Crippen LogP contribution in [0.1, 0.15) is 36.6 Å². The van der Waals surface area contributed by atoms with Crippen LogP contribution in [-0.4, -0.2) is 43.4 Å². The van der Waals surface area contributed by atoms with Crippen molar-refractivity contribution in [3.05, 3.63) is 95.7 Å². The number of fused-ring (bicyclic) bond motifs is 1. The highest BCUT2D eigenvalue weighted by atomic mass is 32.2. The molecule has 4 aromatic rings. The highest BCUT2D eigenvalue weighted by Gasteiger charge is 2.28. The third-order valence-electron chi connectivity index (χ3n) is 7.32. The van der Waals surface area contributed by atoms with Crippen molar-refractivity contribution in [3.8, 4) is 5.75 Å². The Morgan fingerprint density at radius 1 is 1.00 bits per heavy atom. The molecule has 2 heterocycles. The van der Waals surface area contributed by atoms with Gasteiger partial charge in [-0.15, -0.1) is 0 Å². The molecule has 0 unspecified atom stereocenters. The molecule has 0 fully saturated rings. The van der Waals surface area contributed by atoms with Crippen LogP contribution in [0.5, 0.6) is 5.75 Å². The Hall–Kier alpha value is -3.88. The van der Waals surface area contributed by atoms with Crippen LogP contribution < -0.4 is 10.1 Å². The second-order valence-corrected chi connectivity index (χ2v) is 11.6. The quantitative estimate of drug-likeness (QED) is 0.303. The average Bonchev–Trinajstić information content (AvgIpc) is 3.24. The van der Waals surface area contributed by atoms with E-state index in [1.807, 2.05) is 18.2 Å². The van der Waals surface area contributed by atoms with E-state index < -0.39 is 10.0 Å². The summed E-state index contributed by atoms with van der Waals surface area (Å²) >= 11 is 0. The molecule has 1 N–H and O–H groups in total. The Kier molecular flexibility index (Phi) is 7.59. The Labute approximate surface area is 229 Å². The van der Waals surface area contributed by atoms with Gasteiger partial charge in [0.15, 0.2) is 0 Å². The minimum atomic E-state index is -3.65. The summed E-state index contributed by atoms with van der Waals surface area (Å²) in [7, 11) is -1.99. The zero-order valence-electron chi connectivity index (χ0n) is 22.5. The van der Waals surface area contributed by atoms with E-state index in [1.165, 1.54) is 32.1 Å². The van der Waals surface area contributed by atoms with Crippen molar-refractivity contribution in [2.24, 2.45) is 0 Å². The van der Waals surface area contributed by atoms with Crippen LogP contribution in [0.3, 0.4) is 0 Å². The van der Waals surface area contributed by atoms with E-state index in [-0.39, 0.29) is 10.8 Å². The molecule has 0 atom stereocenters. The molecule has 0 saturated heterocycles. The van der Waals surface area contributed by atoms with Crippen LogP contribution in [0.25, 0.3) is 16.5 Å². The number of para-hydroxylation sites is 1. The summed E-state index contributed by atoms with van der Waals surface area (Å²) in [5.41, 5.74) is 6.45. The lowest BCUT2D eigenvalue weighted by atomic mass is 9.97. The van der Waals surface area contributed by atoms with E-state index >= 15 is 0 Å². The molecule has 1 aliphatic rings. The highest BCUT2D eigenvalue weighted by Crippen LogP contribution is 2.36. The maximum Gasteiger partial charge on any atom is 0.243 e. The number of aromatic nitrogens is 1. The number of hydrogen-bond donors (Lipinski definition) is 1. The van der Waals surface area contributed by atoms with Crippen LogP contribution >= 0.6 is 0 Å². The molecule has 0 spiro atoms. The van der Waals surface area contributed by atoms with Crippen LogP contribution in [0.15, 0.2) is 83.8 Å². The SMILES string of the molecule is CCC(=O)Nc1ccc(S(=O)(=O)N2CC=C(c3c(C)n(Cc4ccc(OC)cc4)c4ccccc34)CC2)cc1. The molecular formula is C31H33N3O4S. The second kappa shape index (κ2) is 11.1. The number of nitrogens with one attached hydrogen (secondary N) is 1. The van der Waals surface area contributed by atoms with Crippen molar-refractivity contribution in [3.63, 3.8) is 0 Å². The molecule has 8 heteroatoms. The van der Waals surface area contributed by atoms with Crippen LogP contribution in [0.2, 0.25) is 0 Å². The van der Waals surface area contributed by atoms with Crippen LogP contribution in [-0.2, 0) is 21.4 Å². The Balaban J connectivity index is 1.40. The predicted molar refractivity (Wildman–Crippen MR) is 155 cm³/mol. The standard InChI is InChI=1S/C31H33N3O4S/c1-4-30(35)32-25-11-15-27(16-12-25)39(36,37)33-19-17-24(18-20-33)31-22(2)34(29-8-6-5-7-28(29)31)21-23-9-13-26(38-3)14-10-23/h5-17H,4,18-21H2,1-3H3,(H,32,35). The maximum absolute atomic E-state index is 13.3. The molecule has 7 nitrogen and oxygen atoms in total. The van der Waals surface area contributed by atoms with Gasteiger partial charge in [0.2, 0.25) is 15.9 Å². The van der Waals surface area contributed by atoms with Crippen molar-refractivity contribution in [1.29, 1.82) is 0 Å². The average molecular weight is 544 g/mol. The third-order valence-corrected chi connectivity index (χ3v) is 9.20. The number of methoxy groups -OCH3 is 1. The minimum absolute atomic E-state index is 0.111. The Bertz CT molecular complexity index is 1640. The zero-order chi connectivity index (χ0) is 27.6. The minimum Gasteiger partial charge on any atom is -0.497 e. The van der Waals surface area contributed by atoms with Gasteiger partial charge in [-0.2, -0.15) is 4.31 Å². The predicted octanol–water partition coefficient (Wildman–Crippen LogP) is 5.83. The summed E-state index contributed by atoms with van der Waals surface area (Å²) in [6, 6.07) is 22.9. The first kappa shape index (κ1) is 26.7. The van der Waals surface area contributed by atoms with E-state index in [0.29, 0.717) is 31.6 Å². The van der Waals surface area contributed by atoms with Gasteiger partial charge in [0.05, 0.1) is 12.0 Å². The fourth-order valence-corrected chi connectivity index (χ4v) is 6.54. The third kappa shape index (κ3) is 5.35. The number of amides is 1. The van der Waals surface area contributed by atoms with Crippen molar-refractivity contribution >= 4 is 38.1 Å². The van der Waals surface area contributed by atoms with E-state index in [0.717, 1.165) is 17.8 Å². The molecule has 1 aromatic heterocycles. The lowest BCUT2D eigenvalue weighted by molar-refractivity contribution is -0.115. The smallest absolute Gasteiger partial charge is 0.243 e. The molecule has 0 aliphatic carbocycles. The van der Waals surface area contributed by atoms with Gasteiger partial charge >= 0.3 is 0 Å². The van der Waals surface area contributed by atoms with Gasteiger partial charge in [0.25, 0.3) is 0 Å². The summed E-state index contributed by atoms with van der Waals surface area (Å²) in [5, 5.41) is 3.93. The lowest BCUT2D eigenvalue weighted by Gasteiger charge is -2.26. The number of ether oxygens (including phenoxy) is 1. The Morgan fingerprint density at radius 2 is 1.72 bits per heavy atom. The number of carbonyl (C=O) groups is 1. The van der Waals surface area contributed by atoms with Crippen molar-refractivity contribution < 1.29 is 17.9 Å². The van der Waals surface area contributed by atoms with E-state index in [1.54, 1.807) is 38.3 Å². The number of benzene rings is 3. The van der Waals surface area contributed by atoms with E-state index in [4.69, 9.17) is 4.74 Å². The topological polar surface area (TPSA) is 80.6 Å². The molecular weight excluding hydrogens is 510 g/mol. The van der Waals surface area contributed by atoms with Gasteiger partial charge in [0.1, 0.15) is 5.75 Å². The van der Waals surface area contributed by atoms with Crippen molar-refractivity contribution in [2.45, 2.75) is 38.1 Å². The monoisotopic (exact) mass is 543 g/mol. The lowest BCUT2D eigenvalue weighted by Crippen LogP contribution is -2.34. The first-order valence-corrected chi connectivity index (χ1v) is 14.6. The largest absolute Gasteiger partial charge is 0.497 e. The van der Waals surface area contributed by atoms with Crippen molar-refractivity contribution in [1.82, 2.24) is 8.87 Å². The van der Waals surface area contributed by atoms with Crippen molar-refractivity contribution in [2.75, 3.05) is 25.5 Å². The number of hydrogen-bond acceptors (Lipinski definition) is 4. The molecule has 1 amide bonds. The van der Waals surface area contributed by atoms with Crippen LogP contribution in [0, 0.1) is 6.92 Å². The summed E-state index contributed by atoms with van der Waals surface area (Å²) in [4.78, 5) is 11.9. The van der Waals surface area contributed by atoms with Gasteiger partial charge in [-0.25, -0.2) is 8.42 Å². The highest BCUT2D eigenvalue weighted by molar-refractivity contribution is 7.89. The molecule has 1 aliphatic heterocycles. The molecule has 39 heavy (non-hydrogen) atoms. The zero-order valence-corrected chi connectivity index (χ0v) is 23.3. The van der Waals surface area contributed by atoms with Gasteiger partial charge < -0.3 is 14.6 Å². The normalized spacial score (nSPS) is 14.3. The fraction of sp³-hybridized carbons (Fsp3) is 0.258. The molecule has 3 aromatic carbocycles. The molecule has 0 bridgehead atoms. The summed E-state index contributed by atoms with van der Waals surface area (Å²) in [6.07, 6.45) is 3.03. The maximum atomic E-state index is 13.3. The second-order valence-electron chi connectivity index (χ2n) is 9.68. The van der Waals surface area contributed by atoms with E-state index in [9.17, 15) is 13.2 Å². The number of anilines is 1. The molecule has 0 saturated carbocycles. The summed E-state index contributed by atoms with van der Waals surface area (Å²) in [5.74, 6) is 0.722. The fourth-order valence-electron chi connectivity index (χ4n) is 5.16. The van der Waals surface area contributed by atoms with Gasteiger partial charge in [-0.1, -0.05) is 43.3 Å². The first-order valence-electron chi connectivity index (χ1n) is 13.1. The summed E-state index contributed by atoms with van der Waals surface area (Å²) < 4.78 is 35.8. The number of nitrogens with zero attached hydrogens (tertiary/aromatic N) is 2. The first-order chi connectivity index (χ1) is 18.8. The number of carbonyl (C=O) groups excluding carboxylic acids is 1. The Morgan fingerprint density at radius 3 is 2.36 bits per heavy atom. The van der Waals surface area contributed by atoms with Gasteiger partial charge in [0, 0.05) is 53.9 Å². The molecule has 0 radical (unpaired) electrons. The van der Waals surface area contributed by atoms with E-state index in [2.05, 4.69) is 53.2 Å².